The van der Waals surface area contributed by atoms with Crippen molar-refractivity contribution < 1.29 is 58.2 Å². The zero-order valence-electron chi connectivity index (χ0n) is 48.4. The minimum Gasteiger partial charge on any atom is -0.479 e. The molecule has 6 unspecified atom stereocenters. The molecule has 1 aliphatic heterocycles. The van der Waals surface area contributed by atoms with Crippen LogP contribution in [0.4, 0.5) is 0 Å². The van der Waals surface area contributed by atoms with E-state index in [1.807, 2.05) is 0 Å². The minimum absolute atomic E-state index is 0.0274. The number of aliphatic hydroxyl groups is 2. The zero-order valence-corrected chi connectivity index (χ0v) is 48.4. The van der Waals surface area contributed by atoms with Crippen LogP contribution in [0, 0.1) is 0 Å². The van der Waals surface area contributed by atoms with Crippen molar-refractivity contribution in [1.82, 2.24) is 0 Å². The Morgan fingerprint density at radius 3 is 1.29 bits per heavy atom. The Balaban J connectivity index is 2.72. The number of unbranched alkanes of at least 4 members (excludes halogenated alkanes) is 23. The van der Waals surface area contributed by atoms with Gasteiger partial charge in [-0.2, -0.15) is 0 Å². The summed E-state index contributed by atoms with van der Waals surface area (Å²) in [5.74, 6) is -3.18. The number of carboxylic acids is 1. The summed E-state index contributed by atoms with van der Waals surface area (Å²) < 4.78 is 28.4. The largest absolute Gasteiger partial charge is 0.479 e. The second-order valence-electron chi connectivity index (χ2n) is 20.6. The number of esters is 3. The van der Waals surface area contributed by atoms with Crippen LogP contribution < -0.4 is 0 Å². The smallest absolute Gasteiger partial charge is 0.335 e. The molecule has 1 heterocycles. The van der Waals surface area contributed by atoms with Crippen molar-refractivity contribution in [3.63, 3.8) is 0 Å². The Morgan fingerprint density at radius 2 is 0.818 bits per heavy atom. The number of carbonyl (C=O) groups is 4. The molecule has 3 N–H and O–H groups in total. The molecular formula is C65H108O12. The highest BCUT2D eigenvalue weighted by Crippen LogP contribution is 2.26. The van der Waals surface area contributed by atoms with Gasteiger partial charge in [0.25, 0.3) is 0 Å². The maximum absolute atomic E-state index is 13.2. The number of carbonyl (C=O) groups excluding carboxylic acids is 3. The van der Waals surface area contributed by atoms with E-state index in [0.29, 0.717) is 19.3 Å². The van der Waals surface area contributed by atoms with E-state index in [9.17, 15) is 34.5 Å². The number of hydrogen-bond donors (Lipinski definition) is 3. The second kappa shape index (κ2) is 52.6. The molecule has 0 aromatic rings. The van der Waals surface area contributed by atoms with E-state index in [1.165, 1.54) is 57.8 Å². The lowest BCUT2D eigenvalue weighted by atomic mass is 9.98. The molecule has 0 spiro atoms. The van der Waals surface area contributed by atoms with Crippen molar-refractivity contribution in [2.45, 2.75) is 289 Å². The summed E-state index contributed by atoms with van der Waals surface area (Å²) in [5.41, 5.74) is 0. The van der Waals surface area contributed by atoms with Gasteiger partial charge in [0.2, 0.25) is 0 Å². The van der Waals surface area contributed by atoms with Crippen LogP contribution in [-0.4, -0.2) is 89.2 Å². The summed E-state index contributed by atoms with van der Waals surface area (Å²) in [4.78, 5) is 51.2. The fraction of sp³-hybridized carbons (Fsp3) is 0.723. The van der Waals surface area contributed by atoms with Gasteiger partial charge < -0.3 is 39.0 Å². The summed E-state index contributed by atoms with van der Waals surface area (Å²) in [6, 6.07) is 0. The molecule has 0 saturated carbocycles. The summed E-state index contributed by atoms with van der Waals surface area (Å²) in [5, 5.41) is 31.5. The van der Waals surface area contributed by atoms with Gasteiger partial charge in [-0.1, -0.05) is 202 Å². The average molecular weight is 1080 g/mol. The topological polar surface area (TPSA) is 175 Å². The third kappa shape index (κ3) is 42.5. The Bertz CT molecular complexity index is 1660. The highest BCUT2D eigenvalue weighted by Gasteiger charge is 2.50. The highest BCUT2D eigenvalue weighted by atomic mass is 16.7. The normalized spacial score (nSPS) is 18.6. The van der Waals surface area contributed by atoms with Crippen molar-refractivity contribution in [3.8, 4) is 0 Å². The van der Waals surface area contributed by atoms with Crippen LogP contribution in [0.1, 0.15) is 252 Å². The molecule has 0 aromatic carbocycles. The monoisotopic (exact) mass is 1080 g/mol. The molecule has 12 nitrogen and oxygen atoms in total. The van der Waals surface area contributed by atoms with E-state index in [0.717, 1.165) is 135 Å². The van der Waals surface area contributed by atoms with Gasteiger partial charge in [-0.05, 0) is 116 Å². The Kier molecular flexibility index (Phi) is 48.4. The fourth-order valence-corrected chi connectivity index (χ4v) is 8.74. The molecule has 0 bridgehead atoms. The first kappa shape index (κ1) is 70.9. The summed E-state index contributed by atoms with van der Waals surface area (Å²) >= 11 is 0. The number of allylic oxidation sites excluding steroid dienone is 14. The molecule has 1 aliphatic rings. The third-order valence-electron chi connectivity index (χ3n) is 13.4. The van der Waals surface area contributed by atoms with Gasteiger partial charge in [-0.15, -0.1) is 0 Å². The lowest BCUT2D eigenvalue weighted by Gasteiger charge is -2.40. The van der Waals surface area contributed by atoms with Crippen LogP contribution in [0.2, 0.25) is 0 Å². The van der Waals surface area contributed by atoms with Gasteiger partial charge in [0.05, 0.1) is 6.61 Å². The molecule has 1 fully saturated rings. The fourth-order valence-electron chi connectivity index (χ4n) is 8.74. The summed E-state index contributed by atoms with van der Waals surface area (Å²) in [7, 11) is 0. The highest BCUT2D eigenvalue weighted by molar-refractivity contribution is 5.74. The zero-order chi connectivity index (χ0) is 56.1. The first-order chi connectivity index (χ1) is 37.6. The van der Waals surface area contributed by atoms with Crippen molar-refractivity contribution in [3.05, 3.63) is 85.1 Å². The van der Waals surface area contributed by atoms with E-state index in [2.05, 4.69) is 106 Å². The number of aliphatic hydroxyl groups excluding tert-OH is 2. The van der Waals surface area contributed by atoms with Gasteiger partial charge in [0.15, 0.2) is 24.6 Å². The van der Waals surface area contributed by atoms with Gasteiger partial charge in [-0.25, -0.2) is 4.79 Å². The lowest BCUT2D eigenvalue weighted by molar-refractivity contribution is -0.301. The second-order valence-corrected chi connectivity index (χ2v) is 20.6. The van der Waals surface area contributed by atoms with Crippen molar-refractivity contribution >= 4 is 23.9 Å². The average Bonchev–Trinajstić information content (AvgIpc) is 3.43. The van der Waals surface area contributed by atoms with E-state index >= 15 is 0 Å². The van der Waals surface area contributed by atoms with Crippen LogP contribution in [0.25, 0.3) is 0 Å². The first-order valence-corrected chi connectivity index (χ1v) is 30.6. The molecular weight excluding hydrogens is 973 g/mol. The molecule has 0 aliphatic carbocycles. The van der Waals surface area contributed by atoms with Crippen LogP contribution in [-0.2, 0) is 42.9 Å². The predicted molar refractivity (Wildman–Crippen MR) is 312 cm³/mol. The number of aliphatic carboxylic acids is 1. The molecule has 0 radical (unpaired) electrons. The van der Waals surface area contributed by atoms with Gasteiger partial charge in [0, 0.05) is 19.3 Å². The van der Waals surface area contributed by atoms with Crippen LogP contribution in [0.3, 0.4) is 0 Å². The Morgan fingerprint density at radius 1 is 0.442 bits per heavy atom. The maximum atomic E-state index is 13.2. The lowest BCUT2D eigenvalue weighted by Crippen LogP contribution is -2.61. The molecule has 77 heavy (non-hydrogen) atoms. The van der Waals surface area contributed by atoms with E-state index in [4.69, 9.17) is 23.7 Å². The van der Waals surface area contributed by atoms with E-state index < -0.39 is 67.3 Å². The Hall–Kier alpha value is -4.10. The first-order valence-electron chi connectivity index (χ1n) is 30.6. The molecule has 0 aromatic heterocycles. The Labute approximate surface area is 467 Å². The van der Waals surface area contributed by atoms with Crippen LogP contribution in [0.15, 0.2) is 85.1 Å². The van der Waals surface area contributed by atoms with Crippen molar-refractivity contribution in [1.29, 1.82) is 0 Å². The molecule has 6 atom stereocenters. The number of hydrogen-bond acceptors (Lipinski definition) is 11. The molecule has 440 valence electrons. The molecule has 0 amide bonds. The van der Waals surface area contributed by atoms with Crippen molar-refractivity contribution in [2.24, 2.45) is 0 Å². The van der Waals surface area contributed by atoms with Gasteiger partial charge in [-0.3, -0.25) is 14.4 Å². The third-order valence-corrected chi connectivity index (χ3v) is 13.4. The summed E-state index contributed by atoms with van der Waals surface area (Å²) in [6.45, 7) is 5.83. The van der Waals surface area contributed by atoms with E-state index in [1.54, 1.807) is 0 Å². The SMILES string of the molecule is CC/C=C\C/C=C\C/C=C\C/C=C\CCCCCCC(=O)OC1C(OCC(COC(=O)CCCCCCC/C=C\C/C=C\CCCCC)OC(=O)CCCCCCC/C=C\CCCCCCCC)OC(C(=O)O)C(O)C1O. The number of ether oxygens (including phenoxy) is 5. The van der Waals surface area contributed by atoms with Crippen LogP contribution in [0.5, 0.6) is 0 Å². The quantitative estimate of drug-likeness (QED) is 0.0228. The standard InChI is InChI=1S/C65H108O12/c1-4-7-10-13-16-19-22-25-28-29-32-35-38-41-44-47-50-53-59(68)76-63-61(70)60(69)62(64(71)72)77-65(63)74-55-56(75-58(67)52-49-46-43-40-37-34-31-27-24-21-18-15-12-9-6-3)54-73-57(66)51-48-45-42-39-36-33-30-26-23-20-17-14-11-8-5-2/h7,10,16-17,19-20,25-28,30-32,35,56,60-63,65,69-70H,4-6,8-9,11-15,18,21-24,29,33-34,36-55H2,1-3H3,(H,71,72)/b10-7-,19-16-,20-17-,28-25-,30-26-,31-27-,35-32-. The molecule has 1 saturated heterocycles. The van der Waals surface area contributed by atoms with E-state index in [-0.39, 0.29) is 25.9 Å². The summed E-state index contributed by atoms with van der Waals surface area (Å²) in [6.07, 6.45) is 55.4. The number of carboxylic acid groups (broad SMARTS) is 1. The van der Waals surface area contributed by atoms with Gasteiger partial charge in [0.1, 0.15) is 18.8 Å². The van der Waals surface area contributed by atoms with Crippen molar-refractivity contribution in [2.75, 3.05) is 13.2 Å². The molecule has 1 rings (SSSR count). The molecule has 12 heteroatoms. The number of rotatable bonds is 51. The maximum Gasteiger partial charge on any atom is 0.335 e. The predicted octanol–water partition coefficient (Wildman–Crippen LogP) is 15.9. The minimum atomic E-state index is -1.92. The van der Waals surface area contributed by atoms with Crippen LogP contribution >= 0.6 is 0 Å². The van der Waals surface area contributed by atoms with Gasteiger partial charge >= 0.3 is 23.9 Å².